The third kappa shape index (κ3) is 4.87. The summed E-state index contributed by atoms with van der Waals surface area (Å²) in [6, 6.07) is 1.77. The van der Waals surface area contributed by atoms with E-state index in [2.05, 4.69) is 9.38 Å². The van der Waals surface area contributed by atoms with E-state index in [9.17, 15) is 4.21 Å². The minimum absolute atomic E-state index is 0.401. The zero-order valence-electron chi connectivity index (χ0n) is 12.4. The number of pyridine rings is 1. The van der Waals surface area contributed by atoms with Gasteiger partial charge < -0.3 is 4.74 Å². The van der Waals surface area contributed by atoms with Crippen LogP contribution in [0.25, 0.3) is 0 Å². The Bertz CT molecular complexity index is 498. The highest BCUT2D eigenvalue weighted by molar-refractivity contribution is 7.85. The Kier molecular flexibility index (Phi) is 6.62. The Labute approximate surface area is 128 Å². The van der Waals surface area contributed by atoms with Crippen molar-refractivity contribution in [1.82, 2.24) is 4.98 Å². The fraction of sp³-hybridized carbons (Fsp3) is 0.571. The fourth-order valence-corrected chi connectivity index (χ4v) is 2.27. The Balaban J connectivity index is 3.18. The van der Waals surface area contributed by atoms with Crippen molar-refractivity contribution in [2.75, 3.05) is 13.0 Å². The Morgan fingerprint density at radius 2 is 2.20 bits per heavy atom. The van der Waals surface area contributed by atoms with Crippen LogP contribution in [0.1, 0.15) is 39.2 Å². The molecular formula is C14H21ClN2O2S. The van der Waals surface area contributed by atoms with Crippen molar-refractivity contribution in [3.8, 4) is 5.75 Å². The number of hydrogen-bond acceptors (Lipinski definition) is 3. The maximum atomic E-state index is 12.2. The molecule has 0 N–H and O–H groups in total. The molecule has 1 aromatic rings. The standard InChI is InChI=1S/C14H21ClN2O2S/c1-14(2,3)20(18)17-12(6-5-8-15)11-10-16-9-7-13(11)19-4/h7,9-10H,5-6,8H2,1-4H3/t20-/m0/s1. The van der Waals surface area contributed by atoms with Crippen molar-refractivity contribution in [2.45, 2.75) is 38.4 Å². The molecule has 0 bridgehead atoms. The molecule has 112 valence electrons. The van der Waals surface area contributed by atoms with Crippen molar-refractivity contribution in [2.24, 2.45) is 4.40 Å². The second-order valence-corrected chi connectivity index (χ2v) is 7.55. The van der Waals surface area contributed by atoms with Crippen LogP contribution < -0.4 is 4.74 Å². The minimum atomic E-state index is -1.32. The number of rotatable bonds is 6. The topological polar surface area (TPSA) is 51.6 Å². The summed E-state index contributed by atoms with van der Waals surface area (Å²) < 4.78 is 21.5. The normalized spacial score (nSPS) is 14.2. The highest BCUT2D eigenvalue weighted by Gasteiger charge is 2.21. The van der Waals surface area contributed by atoms with Gasteiger partial charge in [0.2, 0.25) is 0 Å². The largest absolute Gasteiger partial charge is 0.496 e. The van der Waals surface area contributed by atoms with E-state index in [0.717, 1.165) is 17.7 Å². The van der Waals surface area contributed by atoms with Crippen LogP contribution in [0.3, 0.4) is 0 Å². The molecule has 0 saturated heterocycles. The molecular weight excluding hydrogens is 296 g/mol. The van der Waals surface area contributed by atoms with Gasteiger partial charge in [0, 0.05) is 18.3 Å². The first-order valence-electron chi connectivity index (χ1n) is 6.44. The predicted molar refractivity (Wildman–Crippen MR) is 85.2 cm³/mol. The number of aromatic nitrogens is 1. The molecule has 0 aliphatic heterocycles. The summed E-state index contributed by atoms with van der Waals surface area (Å²) in [7, 11) is 0.276. The van der Waals surface area contributed by atoms with Crippen molar-refractivity contribution < 1.29 is 8.95 Å². The lowest BCUT2D eigenvalue weighted by molar-refractivity contribution is 0.413. The quantitative estimate of drug-likeness (QED) is 0.597. The summed E-state index contributed by atoms with van der Waals surface area (Å²) in [5, 5.41) is 0. The molecule has 1 heterocycles. The van der Waals surface area contributed by atoms with Gasteiger partial charge in [-0.25, -0.2) is 4.21 Å². The van der Waals surface area contributed by atoms with E-state index in [-0.39, 0.29) is 0 Å². The van der Waals surface area contributed by atoms with Crippen molar-refractivity contribution in [1.29, 1.82) is 0 Å². The lowest BCUT2D eigenvalue weighted by Gasteiger charge is -2.16. The van der Waals surface area contributed by atoms with Crippen LogP contribution in [0.4, 0.5) is 0 Å². The summed E-state index contributed by atoms with van der Waals surface area (Å²) in [4.78, 5) is 4.10. The third-order valence-corrected chi connectivity index (χ3v) is 4.28. The van der Waals surface area contributed by atoms with E-state index in [1.165, 1.54) is 0 Å². The molecule has 0 aliphatic rings. The van der Waals surface area contributed by atoms with Gasteiger partial charge in [-0.15, -0.1) is 11.6 Å². The van der Waals surface area contributed by atoms with E-state index in [1.54, 1.807) is 25.6 Å². The van der Waals surface area contributed by atoms with Crippen molar-refractivity contribution in [3.05, 3.63) is 24.0 Å². The second-order valence-electron chi connectivity index (χ2n) is 5.27. The van der Waals surface area contributed by atoms with Crippen molar-refractivity contribution in [3.63, 3.8) is 0 Å². The molecule has 0 unspecified atom stereocenters. The predicted octanol–water partition coefficient (Wildman–Crippen LogP) is 3.36. The summed E-state index contributed by atoms with van der Waals surface area (Å²) >= 11 is 5.76. The van der Waals surface area contributed by atoms with Crippen molar-refractivity contribution >= 4 is 28.3 Å². The van der Waals surface area contributed by atoms with E-state index in [1.807, 2.05) is 20.8 Å². The first kappa shape index (κ1) is 17.1. The summed E-state index contributed by atoms with van der Waals surface area (Å²) in [5.74, 6) is 1.21. The first-order valence-corrected chi connectivity index (χ1v) is 8.08. The number of hydrogen-bond donors (Lipinski definition) is 0. The monoisotopic (exact) mass is 316 g/mol. The van der Waals surface area contributed by atoms with Gasteiger partial charge in [0.25, 0.3) is 0 Å². The average Bonchev–Trinajstić information content (AvgIpc) is 2.42. The Morgan fingerprint density at radius 1 is 1.50 bits per heavy atom. The zero-order valence-corrected chi connectivity index (χ0v) is 13.9. The van der Waals surface area contributed by atoms with Gasteiger partial charge in [-0.3, -0.25) is 4.98 Å². The molecule has 0 saturated carbocycles. The maximum absolute atomic E-state index is 12.2. The van der Waals surface area contributed by atoms with Gasteiger partial charge in [-0.2, -0.15) is 4.40 Å². The van der Waals surface area contributed by atoms with E-state index < -0.39 is 15.7 Å². The lowest BCUT2D eigenvalue weighted by atomic mass is 10.1. The van der Waals surface area contributed by atoms with Gasteiger partial charge in [-0.05, 0) is 39.7 Å². The molecule has 0 aliphatic carbocycles. The third-order valence-electron chi connectivity index (χ3n) is 2.58. The molecule has 6 heteroatoms. The number of ether oxygens (including phenoxy) is 1. The highest BCUT2D eigenvalue weighted by Crippen LogP contribution is 2.22. The van der Waals surface area contributed by atoms with E-state index >= 15 is 0 Å². The summed E-state index contributed by atoms with van der Waals surface area (Å²) in [6.45, 7) is 5.69. The number of alkyl halides is 1. The molecule has 20 heavy (non-hydrogen) atoms. The number of nitrogens with zero attached hydrogens (tertiary/aromatic N) is 2. The molecule has 0 amide bonds. The van der Waals surface area contributed by atoms with Crippen LogP contribution in [0.2, 0.25) is 0 Å². The van der Waals surface area contributed by atoms with Gasteiger partial charge >= 0.3 is 0 Å². The zero-order chi connectivity index (χ0) is 15.2. The summed E-state index contributed by atoms with van der Waals surface area (Å²) in [6.07, 6.45) is 4.75. The van der Waals surface area contributed by atoms with E-state index in [4.69, 9.17) is 16.3 Å². The van der Waals surface area contributed by atoms with E-state index in [0.29, 0.717) is 18.1 Å². The fourth-order valence-electron chi connectivity index (χ4n) is 1.48. The number of halogens is 1. The van der Waals surface area contributed by atoms with Gasteiger partial charge in [-0.1, -0.05) is 0 Å². The lowest BCUT2D eigenvalue weighted by Crippen LogP contribution is -2.21. The second kappa shape index (κ2) is 7.74. The van der Waals surface area contributed by atoms with Crippen LogP contribution in [-0.2, 0) is 11.0 Å². The van der Waals surface area contributed by atoms with Gasteiger partial charge in [0.05, 0.1) is 23.1 Å². The maximum Gasteiger partial charge on any atom is 0.145 e. The molecule has 0 aromatic carbocycles. The molecule has 0 radical (unpaired) electrons. The van der Waals surface area contributed by atoms with Crippen LogP contribution in [0.15, 0.2) is 22.9 Å². The van der Waals surface area contributed by atoms with Crippen LogP contribution in [-0.4, -0.2) is 32.6 Å². The molecule has 1 rings (SSSR count). The SMILES string of the molecule is COc1ccncc1C(CCCCl)=N[S@@](=O)C(C)(C)C. The molecule has 4 nitrogen and oxygen atoms in total. The minimum Gasteiger partial charge on any atom is -0.496 e. The van der Waals surface area contributed by atoms with Crippen LogP contribution >= 0.6 is 11.6 Å². The molecule has 1 aromatic heterocycles. The molecule has 0 spiro atoms. The first-order chi connectivity index (χ1) is 9.40. The van der Waals surface area contributed by atoms with Gasteiger partial charge in [0.1, 0.15) is 16.7 Å². The smallest absolute Gasteiger partial charge is 0.145 e. The molecule has 1 atom stereocenters. The highest BCUT2D eigenvalue weighted by atomic mass is 35.5. The molecule has 0 fully saturated rings. The average molecular weight is 317 g/mol. The van der Waals surface area contributed by atoms with Crippen LogP contribution in [0, 0.1) is 0 Å². The Morgan fingerprint density at radius 3 is 2.75 bits per heavy atom. The number of methoxy groups -OCH3 is 1. The van der Waals surface area contributed by atoms with Crippen LogP contribution in [0.5, 0.6) is 5.75 Å². The van der Waals surface area contributed by atoms with Gasteiger partial charge in [0.15, 0.2) is 0 Å². The summed E-state index contributed by atoms with van der Waals surface area (Å²) in [5.41, 5.74) is 1.50. The Hall–Kier alpha value is -0.940.